The van der Waals surface area contributed by atoms with Crippen LogP contribution in [0.1, 0.15) is 12.0 Å². The van der Waals surface area contributed by atoms with Gasteiger partial charge in [-0.05, 0) is 12.5 Å². The van der Waals surface area contributed by atoms with Crippen LogP contribution >= 0.6 is 0 Å². The summed E-state index contributed by atoms with van der Waals surface area (Å²) in [4.78, 5) is 9.69. The van der Waals surface area contributed by atoms with Gasteiger partial charge in [-0.3, -0.25) is 10.1 Å². The number of anilines is 1. The molecule has 0 amide bonds. The zero-order valence-corrected chi connectivity index (χ0v) is 11.2. The maximum absolute atomic E-state index is 13.0. The van der Waals surface area contributed by atoms with E-state index in [0.717, 1.165) is 12.1 Å². The summed E-state index contributed by atoms with van der Waals surface area (Å²) in [5, 5.41) is 22.1. The van der Waals surface area contributed by atoms with Crippen molar-refractivity contribution in [2.24, 2.45) is 0 Å². The van der Waals surface area contributed by atoms with Gasteiger partial charge in [-0.15, -0.1) is 0 Å². The van der Waals surface area contributed by atoms with Crippen molar-refractivity contribution in [3.05, 3.63) is 33.9 Å². The van der Waals surface area contributed by atoms with Gasteiger partial charge < -0.3 is 15.2 Å². The van der Waals surface area contributed by atoms with Crippen LogP contribution in [0.5, 0.6) is 0 Å². The van der Waals surface area contributed by atoms with E-state index in [0.29, 0.717) is 6.07 Å². The minimum atomic E-state index is -4.73. The van der Waals surface area contributed by atoms with Crippen LogP contribution in [0.3, 0.4) is 0 Å². The Kier molecular flexibility index (Phi) is 5.91. The van der Waals surface area contributed by atoms with Crippen LogP contribution in [0.25, 0.3) is 0 Å². The minimum Gasteiger partial charge on any atom is -0.396 e. The van der Waals surface area contributed by atoms with Gasteiger partial charge >= 0.3 is 6.18 Å². The molecule has 0 spiro atoms. The highest BCUT2D eigenvalue weighted by atomic mass is 19.4. The SMILES string of the molecule is COCC(CCO)Nc1ccc([N+](=O)[O-])cc1C(F)(F)F. The molecule has 1 atom stereocenters. The van der Waals surface area contributed by atoms with Gasteiger partial charge in [0.05, 0.1) is 23.1 Å². The monoisotopic (exact) mass is 308 g/mol. The van der Waals surface area contributed by atoms with E-state index in [1.165, 1.54) is 7.11 Å². The number of benzene rings is 1. The molecule has 6 nitrogen and oxygen atoms in total. The van der Waals surface area contributed by atoms with Crippen molar-refractivity contribution in [2.45, 2.75) is 18.6 Å². The summed E-state index contributed by atoms with van der Waals surface area (Å²) in [6, 6.07) is 1.93. The standard InChI is InChI=1S/C12H15F3N2O4/c1-21-7-8(4-5-18)16-11-3-2-9(17(19)20)6-10(11)12(13,14)15/h2-3,6,8,16,18H,4-5,7H2,1H3. The third-order valence-corrected chi connectivity index (χ3v) is 2.72. The molecule has 21 heavy (non-hydrogen) atoms. The lowest BCUT2D eigenvalue weighted by Crippen LogP contribution is -2.27. The Bertz CT molecular complexity index is 488. The van der Waals surface area contributed by atoms with Gasteiger partial charge in [-0.2, -0.15) is 13.2 Å². The summed E-state index contributed by atoms with van der Waals surface area (Å²) in [6.07, 6.45) is -4.55. The highest BCUT2D eigenvalue weighted by Gasteiger charge is 2.35. The predicted octanol–water partition coefficient (Wildman–Crippen LogP) is 2.42. The Labute approximate surface area is 118 Å². The van der Waals surface area contributed by atoms with Crippen LogP contribution in [0, 0.1) is 10.1 Å². The molecule has 0 aromatic heterocycles. The zero-order valence-electron chi connectivity index (χ0n) is 11.2. The first-order chi connectivity index (χ1) is 9.79. The first-order valence-electron chi connectivity index (χ1n) is 6.01. The lowest BCUT2D eigenvalue weighted by molar-refractivity contribution is -0.385. The third-order valence-electron chi connectivity index (χ3n) is 2.72. The highest BCUT2D eigenvalue weighted by Crippen LogP contribution is 2.37. The smallest absolute Gasteiger partial charge is 0.396 e. The number of aliphatic hydroxyl groups is 1. The normalized spacial score (nSPS) is 13.0. The van der Waals surface area contributed by atoms with Gasteiger partial charge in [-0.25, -0.2) is 0 Å². The molecule has 1 aromatic carbocycles. The molecular weight excluding hydrogens is 293 g/mol. The molecule has 0 heterocycles. The number of aliphatic hydroxyl groups excluding tert-OH is 1. The Morgan fingerprint density at radius 2 is 2.14 bits per heavy atom. The van der Waals surface area contributed by atoms with Crippen molar-refractivity contribution in [3.63, 3.8) is 0 Å². The number of nitro benzene ring substituents is 1. The first-order valence-corrected chi connectivity index (χ1v) is 6.01. The van der Waals surface area contributed by atoms with Crippen LogP contribution < -0.4 is 5.32 Å². The highest BCUT2D eigenvalue weighted by molar-refractivity contribution is 5.57. The number of alkyl halides is 3. The van der Waals surface area contributed by atoms with Gasteiger partial charge in [0.15, 0.2) is 0 Å². The summed E-state index contributed by atoms with van der Waals surface area (Å²) < 4.78 is 43.8. The molecule has 0 radical (unpaired) electrons. The number of ether oxygens (including phenoxy) is 1. The zero-order chi connectivity index (χ0) is 16.0. The van der Waals surface area contributed by atoms with Crippen molar-refractivity contribution in [2.75, 3.05) is 25.6 Å². The van der Waals surface area contributed by atoms with Crippen LogP contribution in [0.4, 0.5) is 24.5 Å². The van der Waals surface area contributed by atoms with Gasteiger partial charge in [0.1, 0.15) is 0 Å². The second kappa shape index (κ2) is 7.23. The molecule has 9 heteroatoms. The van der Waals surface area contributed by atoms with Crippen LogP contribution in [-0.2, 0) is 10.9 Å². The molecular formula is C12H15F3N2O4. The average molecular weight is 308 g/mol. The molecule has 2 N–H and O–H groups in total. The number of nitrogens with zero attached hydrogens (tertiary/aromatic N) is 1. The Balaban J connectivity index is 3.13. The maximum Gasteiger partial charge on any atom is 0.418 e. The molecule has 1 rings (SSSR count). The number of halogens is 3. The molecule has 118 valence electrons. The van der Waals surface area contributed by atoms with E-state index >= 15 is 0 Å². The van der Waals surface area contributed by atoms with Crippen LogP contribution in [0.15, 0.2) is 18.2 Å². The van der Waals surface area contributed by atoms with Crippen molar-refractivity contribution >= 4 is 11.4 Å². The van der Waals surface area contributed by atoms with Crippen molar-refractivity contribution in [1.29, 1.82) is 0 Å². The second-order valence-corrected chi connectivity index (χ2v) is 4.29. The summed E-state index contributed by atoms with van der Waals surface area (Å²) in [5.74, 6) is 0. The molecule has 0 aliphatic heterocycles. The average Bonchev–Trinajstić information content (AvgIpc) is 2.38. The van der Waals surface area contributed by atoms with Crippen LogP contribution in [0.2, 0.25) is 0 Å². The fourth-order valence-corrected chi connectivity index (χ4v) is 1.78. The molecule has 0 saturated carbocycles. The number of hydrogen-bond acceptors (Lipinski definition) is 5. The fourth-order valence-electron chi connectivity index (χ4n) is 1.78. The van der Waals surface area contributed by atoms with Crippen molar-refractivity contribution < 1.29 is 27.9 Å². The number of hydrogen-bond donors (Lipinski definition) is 2. The van der Waals surface area contributed by atoms with Crippen molar-refractivity contribution in [1.82, 2.24) is 0 Å². The molecule has 0 saturated heterocycles. The molecule has 0 bridgehead atoms. The van der Waals surface area contributed by atoms with E-state index in [-0.39, 0.29) is 25.3 Å². The van der Waals surface area contributed by atoms with E-state index in [4.69, 9.17) is 9.84 Å². The summed E-state index contributed by atoms with van der Waals surface area (Å²) >= 11 is 0. The Morgan fingerprint density at radius 3 is 2.62 bits per heavy atom. The third kappa shape index (κ3) is 4.87. The van der Waals surface area contributed by atoms with Crippen LogP contribution in [-0.4, -0.2) is 36.4 Å². The molecule has 0 aliphatic carbocycles. The molecule has 0 aliphatic rings. The van der Waals surface area contributed by atoms with Gasteiger partial charge in [0.25, 0.3) is 5.69 Å². The maximum atomic E-state index is 13.0. The van der Waals surface area contributed by atoms with E-state index < -0.39 is 28.4 Å². The summed E-state index contributed by atoms with van der Waals surface area (Å²) in [5.41, 5.74) is -2.06. The van der Waals surface area contributed by atoms with E-state index in [1.807, 2.05) is 0 Å². The molecule has 0 fully saturated rings. The van der Waals surface area contributed by atoms with E-state index in [2.05, 4.69) is 5.32 Å². The summed E-state index contributed by atoms with van der Waals surface area (Å²) in [6.45, 7) is -0.135. The number of non-ortho nitro benzene ring substituents is 1. The minimum absolute atomic E-state index is 0.0921. The van der Waals surface area contributed by atoms with E-state index in [9.17, 15) is 23.3 Å². The number of rotatable bonds is 7. The van der Waals surface area contributed by atoms with Gasteiger partial charge in [0, 0.05) is 31.5 Å². The predicted molar refractivity (Wildman–Crippen MR) is 69.1 cm³/mol. The lowest BCUT2D eigenvalue weighted by Gasteiger charge is -2.21. The number of methoxy groups -OCH3 is 1. The second-order valence-electron chi connectivity index (χ2n) is 4.29. The largest absolute Gasteiger partial charge is 0.418 e. The topological polar surface area (TPSA) is 84.6 Å². The molecule has 1 aromatic rings. The van der Waals surface area contributed by atoms with E-state index in [1.54, 1.807) is 0 Å². The Hall–Kier alpha value is -1.87. The number of nitro groups is 1. The molecule has 1 unspecified atom stereocenters. The van der Waals surface area contributed by atoms with Gasteiger partial charge in [-0.1, -0.05) is 0 Å². The quantitative estimate of drug-likeness (QED) is 0.597. The summed E-state index contributed by atoms with van der Waals surface area (Å²) in [7, 11) is 1.38. The number of nitrogens with one attached hydrogen (secondary N) is 1. The van der Waals surface area contributed by atoms with Crippen molar-refractivity contribution in [3.8, 4) is 0 Å². The Morgan fingerprint density at radius 1 is 1.48 bits per heavy atom. The first kappa shape index (κ1) is 17.2. The lowest BCUT2D eigenvalue weighted by atomic mass is 10.1. The van der Waals surface area contributed by atoms with Gasteiger partial charge in [0.2, 0.25) is 0 Å². The fraction of sp³-hybridized carbons (Fsp3) is 0.500.